The van der Waals surface area contributed by atoms with Gasteiger partial charge in [0.2, 0.25) is 0 Å². The molecule has 2 aliphatic carbocycles. The summed E-state index contributed by atoms with van der Waals surface area (Å²) >= 11 is 2.35. The van der Waals surface area contributed by atoms with E-state index in [-0.39, 0.29) is 0 Å². The van der Waals surface area contributed by atoms with Crippen LogP contribution >= 0.6 is 22.6 Å². The Morgan fingerprint density at radius 3 is 2.81 bits per heavy atom. The van der Waals surface area contributed by atoms with Gasteiger partial charge >= 0.3 is 0 Å². The smallest absolute Gasteiger partial charge is 0.119 e. The number of aromatic nitrogens is 2. The number of nitrogens with zero attached hydrogens (tertiary/aromatic N) is 2. The maximum absolute atomic E-state index is 4.71. The van der Waals surface area contributed by atoms with Gasteiger partial charge in [-0.2, -0.15) is 0 Å². The number of nitrogens with one attached hydrogen (secondary N) is 1. The summed E-state index contributed by atoms with van der Waals surface area (Å²) in [6.07, 6.45) is 6.32. The molecule has 4 heteroatoms. The van der Waals surface area contributed by atoms with Crippen LogP contribution in [0.15, 0.2) is 6.20 Å². The van der Waals surface area contributed by atoms with Gasteiger partial charge in [-0.05, 0) is 53.2 Å². The zero-order chi connectivity index (χ0) is 10.7. The lowest BCUT2D eigenvalue weighted by Crippen LogP contribution is -2.17. The molecule has 3 fully saturated rings. The van der Waals surface area contributed by atoms with E-state index >= 15 is 0 Å². The number of halogens is 1. The van der Waals surface area contributed by atoms with Gasteiger partial charge < -0.3 is 9.88 Å². The van der Waals surface area contributed by atoms with Crippen LogP contribution < -0.4 is 5.32 Å². The summed E-state index contributed by atoms with van der Waals surface area (Å²) < 4.78 is 3.67. The second-order valence-corrected chi connectivity index (χ2v) is 6.62. The molecule has 16 heavy (non-hydrogen) atoms. The lowest BCUT2D eigenvalue weighted by molar-refractivity contribution is 0.542. The lowest BCUT2D eigenvalue weighted by atomic mass is 10.3. The van der Waals surface area contributed by atoms with E-state index in [0.717, 1.165) is 23.8 Å². The second-order valence-electron chi connectivity index (χ2n) is 5.51. The first-order chi connectivity index (χ1) is 7.83. The van der Waals surface area contributed by atoms with Crippen molar-refractivity contribution < 1.29 is 0 Å². The van der Waals surface area contributed by atoms with Crippen molar-refractivity contribution in [3.05, 3.63) is 15.7 Å². The van der Waals surface area contributed by atoms with E-state index in [1.54, 1.807) is 0 Å². The Hall–Kier alpha value is -0.100. The van der Waals surface area contributed by atoms with E-state index in [4.69, 9.17) is 4.98 Å². The summed E-state index contributed by atoms with van der Waals surface area (Å²) in [5.41, 5.74) is 0. The fourth-order valence-electron chi connectivity index (χ4n) is 3.19. The SMILES string of the molecule is Ic1cn(C2[C@H]3CNC[C@@H]23)c(CC2CC2)n1. The van der Waals surface area contributed by atoms with E-state index in [0.29, 0.717) is 0 Å². The van der Waals surface area contributed by atoms with Crippen LogP contribution in [0.4, 0.5) is 0 Å². The Labute approximate surface area is 109 Å². The third kappa shape index (κ3) is 1.53. The third-order valence-electron chi connectivity index (χ3n) is 4.32. The molecule has 1 aliphatic heterocycles. The predicted octanol–water partition coefficient (Wildman–Crippen LogP) is 1.83. The number of fused-ring (bicyclic) bond motifs is 1. The standard InChI is InChI=1S/C12H16IN3/c13-10-6-16(11(15-10)3-7-1-2-7)12-8-4-14-5-9(8)12/h6-9,12,14H,1-5H2/t8-,9+,12?. The van der Waals surface area contributed by atoms with Gasteiger partial charge in [0.1, 0.15) is 9.53 Å². The molecule has 2 heterocycles. The van der Waals surface area contributed by atoms with E-state index in [9.17, 15) is 0 Å². The van der Waals surface area contributed by atoms with Crippen molar-refractivity contribution in [2.45, 2.75) is 25.3 Å². The average Bonchev–Trinajstić information content (AvgIpc) is 3.11. The van der Waals surface area contributed by atoms with Crippen LogP contribution in [0.5, 0.6) is 0 Å². The maximum Gasteiger partial charge on any atom is 0.119 e. The maximum atomic E-state index is 4.71. The average molecular weight is 329 g/mol. The minimum Gasteiger partial charge on any atom is -0.330 e. The van der Waals surface area contributed by atoms with Gasteiger partial charge in [0.05, 0.1) is 0 Å². The molecule has 2 saturated carbocycles. The van der Waals surface area contributed by atoms with Crippen LogP contribution in [0.25, 0.3) is 0 Å². The van der Waals surface area contributed by atoms with Crippen molar-refractivity contribution in [2.24, 2.45) is 17.8 Å². The molecule has 3 atom stereocenters. The molecule has 0 aromatic carbocycles. The van der Waals surface area contributed by atoms with Crippen LogP contribution in [0.3, 0.4) is 0 Å². The molecule has 1 N–H and O–H groups in total. The van der Waals surface area contributed by atoms with Crippen LogP contribution in [-0.2, 0) is 6.42 Å². The molecular weight excluding hydrogens is 313 g/mol. The highest BCUT2D eigenvalue weighted by Gasteiger charge is 2.54. The quantitative estimate of drug-likeness (QED) is 0.858. The normalized spacial score (nSPS) is 36.4. The third-order valence-corrected chi connectivity index (χ3v) is 4.84. The van der Waals surface area contributed by atoms with Gasteiger partial charge in [-0.25, -0.2) is 4.98 Å². The molecule has 1 unspecified atom stereocenters. The summed E-state index contributed by atoms with van der Waals surface area (Å²) in [6, 6.07) is 0.769. The highest BCUT2D eigenvalue weighted by molar-refractivity contribution is 14.1. The first kappa shape index (κ1) is 9.88. The molecule has 1 aromatic heterocycles. The molecule has 1 aromatic rings. The molecule has 0 amide bonds. The predicted molar refractivity (Wildman–Crippen MR) is 70.3 cm³/mol. The van der Waals surface area contributed by atoms with Gasteiger partial charge in [0, 0.05) is 31.7 Å². The van der Waals surface area contributed by atoms with Crippen molar-refractivity contribution in [2.75, 3.05) is 13.1 Å². The number of rotatable bonds is 3. The number of piperidine rings is 1. The molecule has 0 radical (unpaired) electrons. The molecule has 3 nitrogen and oxygen atoms in total. The van der Waals surface area contributed by atoms with Crippen molar-refractivity contribution in [3.63, 3.8) is 0 Å². The van der Waals surface area contributed by atoms with Crippen LogP contribution in [0.2, 0.25) is 0 Å². The van der Waals surface area contributed by atoms with E-state index in [2.05, 4.69) is 38.7 Å². The molecule has 3 aliphatic rings. The minimum absolute atomic E-state index is 0.769. The Morgan fingerprint density at radius 2 is 2.12 bits per heavy atom. The first-order valence-corrected chi connectivity index (χ1v) is 7.35. The number of imidazole rings is 1. The zero-order valence-electron chi connectivity index (χ0n) is 9.19. The van der Waals surface area contributed by atoms with Gasteiger partial charge in [-0.3, -0.25) is 0 Å². The molecule has 1 saturated heterocycles. The molecule has 86 valence electrons. The largest absolute Gasteiger partial charge is 0.330 e. The van der Waals surface area contributed by atoms with E-state index in [1.165, 1.54) is 41.9 Å². The zero-order valence-corrected chi connectivity index (χ0v) is 11.4. The van der Waals surface area contributed by atoms with Crippen LogP contribution in [-0.4, -0.2) is 22.6 Å². The minimum atomic E-state index is 0.769. The molecule has 0 bridgehead atoms. The fourth-order valence-corrected chi connectivity index (χ4v) is 3.77. The van der Waals surface area contributed by atoms with Crippen molar-refractivity contribution in [1.29, 1.82) is 0 Å². The lowest BCUT2D eigenvalue weighted by Gasteiger charge is -2.09. The van der Waals surface area contributed by atoms with E-state index in [1.807, 2.05) is 0 Å². The summed E-state index contributed by atoms with van der Waals surface area (Å²) in [5, 5.41) is 3.47. The summed E-state index contributed by atoms with van der Waals surface area (Å²) in [6.45, 7) is 2.43. The van der Waals surface area contributed by atoms with Gasteiger partial charge in [-0.15, -0.1) is 0 Å². The Morgan fingerprint density at radius 1 is 1.38 bits per heavy atom. The molecule has 4 rings (SSSR count). The summed E-state index contributed by atoms with van der Waals surface area (Å²) in [5.74, 6) is 4.07. The molecule has 0 spiro atoms. The fraction of sp³-hybridized carbons (Fsp3) is 0.750. The van der Waals surface area contributed by atoms with Crippen molar-refractivity contribution >= 4 is 22.6 Å². The van der Waals surface area contributed by atoms with Crippen LogP contribution in [0.1, 0.15) is 24.7 Å². The first-order valence-electron chi connectivity index (χ1n) is 6.27. The summed E-state index contributed by atoms with van der Waals surface area (Å²) in [4.78, 5) is 4.71. The summed E-state index contributed by atoms with van der Waals surface area (Å²) in [7, 11) is 0. The number of hydrogen-bond acceptors (Lipinski definition) is 2. The highest BCUT2D eigenvalue weighted by atomic mass is 127. The van der Waals surface area contributed by atoms with Gasteiger partial charge in [0.25, 0.3) is 0 Å². The Kier molecular flexibility index (Phi) is 2.13. The number of hydrogen-bond donors (Lipinski definition) is 1. The van der Waals surface area contributed by atoms with E-state index < -0.39 is 0 Å². The van der Waals surface area contributed by atoms with Crippen LogP contribution in [0, 0.1) is 21.5 Å². The van der Waals surface area contributed by atoms with Crippen molar-refractivity contribution in [3.8, 4) is 0 Å². The second kappa shape index (κ2) is 3.45. The monoisotopic (exact) mass is 329 g/mol. The Bertz CT molecular complexity index is 414. The molecular formula is C12H16IN3. The van der Waals surface area contributed by atoms with Crippen molar-refractivity contribution in [1.82, 2.24) is 14.9 Å². The topological polar surface area (TPSA) is 29.9 Å². The van der Waals surface area contributed by atoms with Gasteiger partial charge in [0.15, 0.2) is 0 Å². The van der Waals surface area contributed by atoms with Gasteiger partial charge in [-0.1, -0.05) is 0 Å². The Balaban J connectivity index is 1.61. The highest BCUT2D eigenvalue weighted by Crippen LogP contribution is 2.53.